The first kappa shape index (κ1) is 91.1. The number of aliphatic hydroxyl groups is 8. The Morgan fingerprint density at radius 1 is 0.752 bits per heavy atom. The number of aromatic hydroxyl groups is 3. The first-order valence-electron chi connectivity index (χ1n) is 37.5. The highest BCUT2D eigenvalue weighted by atomic mass is 35.5. The molecule has 9 amide bonds. The topological polar surface area (TPSA) is 652 Å². The van der Waals surface area contributed by atoms with Gasteiger partial charge in [0, 0.05) is 42.1 Å². The average Bonchev–Trinajstić information content (AvgIpc) is 1.08. The minimum absolute atomic E-state index is 0.0747. The van der Waals surface area contributed by atoms with E-state index in [-0.39, 0.29) is 74.3 Å². The van der Waals surface area contributed by atoms with E-state index in [1.165, 1.54) is 33.0 Å². The first-order chi connectivity index (χ1) is 57.2. The van der Waals surface area contributed by atoms with Gasteiger partial charge in [0.2, 0.25) is 59.3 Å². The fraction of sp³-hybridized carbons (Fsp3) is 0.434. The van der Waals surface area contributed by atoms with Crippen molar-refractivity contribution in [1.82, 2.24) is 52.8 Å². The number of nitrogen functional groups attached to an aromatic ring is 1. The normalized spacial score (nSPS) is 26.6. The molecule has 45 heteroatoms. The van der Waals surface area contributed by atoms with Crippen LogP contribution in [0.1, 0.15) is 117 Å². The quantitative estimate of drug-likeness (QED) is 0.0169. The van der Waals surface area contributed by atoms with Gasteiger partial charge in [-0.3, -0.25) is 43.2 Å². The molecule has 11 bridgehead atoms. The van der Waals surface area contributed by atoms with E-state index in [0.717, 1.165) is 78.1 Å². The highest BCUT2D eigenvalue weighted by Crippen LogP contribution is 2.50. The number of phenolic OH excluding ortho intramolecular Hbond substituents is 3. The molecule has 0 saturated carbocycles. The van der Waals surface area contributed by atoms with Crippen LogP contribution in [0.15, 0.2) is 84.0 Å². The molecule has 0 radical (unpaired) electrons. The van der Waals surface area contributed by atoms with Crippen LogP contribution in [-0.2, 0) is 62.2 Å². The number of nitrogens with zero attached hydrogens (tertiary/aromatic N) is 2. The Hall–Kier alpha value is -10.6. The van der Waals surface area contributed by atoms with Crippen LogP contribution in [0, 0.1) is 5.92 Å². The van der Waals surface area contributed by atoms with Gasteiger partial charge < -0.3 is 154 Å². The molecule has 26 N–H and O–H groups in total. The molecular formula is C76H89Cl3N14O27S. The summed E-state index contributed by atoms with van der Waals surface area (Å²) in [5, 5.41) is 150. The number of nitrogens with two attached hydrogens (primary N) is 3. The second-order valence-corrected chi connectivity index (χ2v) is 32.1. The molecule has 1 aromatic heterocycles. The maximum atomic E-state index is 16.3. The van der Waals surface area contributed by atoms with E-state index in [1.54, 1.807) is 0 Å². The summed E-state index contributed by atoms with van der Waals surface area (Å²) >= 11 is 21.3. The van der Waals surface area contributed by atoms with E-state index < -0.39 is 268 Å². The fourth-order valence-corrected chi connectivity index (χ4v) is 15.4. The zero-order valence-corrected chi connectivity index (χ0v) is 67.8. The number of nitrogens with one attached hydrogen (secondary N) is 9. The highest BCUT2D eigenvalue weighted by Gasteiger charge is 2.52. The number of oxime groups is 1. The van der Waals surface area contributed by atoms with Gasteiger partial charge in [-0.25, -0.2) is 4.98 Å². The van der Waals surface area contributed by atoms with E-state index in [0.29, 0.717) is 0 Å². The van der Waals surface area contributed by atoms with Crippen molar-refractivity contribution in [3.8, 4) is 57.1 Å². The molecule has 5 aromatic carbocycles. The van der Waals surface area contributed by atoms with Gasteiger partial charge in [-0.05, 0) is 116 Å². The number of aromatic nitrogens is 1. The molecule has 2 fully saturated rings. The number of fused-ring (bicyclic) bond motifs is 15. The molecule has 6 aromatic rings. The van der Waals surface area contributed by atoms with Crippen molar-refractivity contribution in [2.24, 2.45) is 22.5 Å². The minimum Gasteiger partial charge on any atom is -0.508 e. The van der Waals surface area contributed by atoms with Crippen molar-refractivity contribution in [3.63, 3.8) is 0 Å². The van der Waals surface area contributed by atoms with E-state index in [4.69, 9.17) is 85.3 Å². The third-order valence-corrected chi connectivity index (χ3v) is 21.8. The molecule has 0 aliphatic carbocycles. The zero-order valence-electron chi connectivity index (χ0n) is 64.8. The number of carbonyl (C=O) groups is 9. The lowest BCUT2D eigenvalue weighted by Gasteiger charge is -2.47. The lowest BCUT2D eigenvalue weighted by molar-refractivity contribution is -0.333. The summed E-state index contributed by atoms with van der Waals surface area (Å²) in [6, 6.07) is -0.781. The molecule has 41 nitrogen and oxygen atoms in total. The van der Waals surface area contributed by atoms with E-state index in [9.17, 15) is 80.1 Å². The maximum absolute atomic E-state index is 16.3. The van der Waals surface area contributed by atoms with Gasteiger partial charge in [0.15, 0.2) is 41.0 Å². The molecule has 8 heterocycles. The fourth-order valence-electron chi connectivity index (χ4n) is 14.0. The number of thiazole rings is 1. The van der Waals surface area contributed by atoms with Gasteiger partial charge in [-0.1, -0.05) is 83.3 Å². The Kier molecular flexibility index (Phi) is 29.1. The molecular weight excluding hydrogens is 1680 g/mol. The van der Waals surface area contributed by atoms with E-state index in [1.807, 2.05) is 13.8 Å². The standard InChI is InChI=1S/C76H89Cl3N14O27S/c1-27(2)15-38(83-5)66(106)90-56-58(101)30-8-11-42(36(77)17-30)116-44-19-32-20-45(62(44)120-74-63(61(104)60(103)46(26-94)118-74)119-49-24-76(4,82)64(105)28(3)115-49)117-43-12-9-31(18-37(43)78)59(102)57-73(113)89-53(68(108)84-13-6-14-114-93-55(69(109)85-25-48(99)100)54-65(79)121-75(81)92-54)35-21-33(95)22-41(97)50(35)34-16-29(7-10-40(34)96)51(70(110)91-57)88-71(111)52(32)87-67(107)39(23-47(80)98)86-72(56)112/h7-12,16-22,27-28,38-39,46,48-49,51-53,56-61,63-64,74,83,94-97,99-105H,6,13-15,23-26,82H2,1-5H3,(H2,80,98)(H2,81,92)(H,84,108)(H,85,109)(H,86,112)(H,87,107)(H,88,111)(H,89,113)(H,90,106)(H,91,110)/b93-55-/t28-,38+,39-,46+,49-,51+,52+,53-,56?,57-,58+,59+,60+,61-,63+,64+,74-,76-/m0/s1. The monoisotopic (exact) mass is 1770 g/mol. The van der Waals surface area contributed by atoms with Gasteiger partial charge in [0.05, 0.1) is 47.9 Å². The molecule has 2 saturated heterocycles. The second-order valence-electron chi connectivity index (χ2n) is 29.7. The number of ether oxygens (including phenoxy) is 6. The number of hydrogen-bond acceptors (Lipinski definition) is 33. The van der Waals surface area contributed by atoms with Crippen molar-refractivity contribution in [2.75, 3.05) is 39.1 Å². The molecule has 13 rings (SSSR count). The van der Waals surface area contributed by atoms with Crippen LogP contribution in [0.2, 0.25) is 14.4 Å². The number of aliphatic hydroxyl groups excluding tert-OH is 7. The Bertz CT molecular complexity index is 4970. The maximum Gasteiger partial charge on any atom is 0.275 e. The summed E-state index contributed by atoms with van der Waals surface area (Å²) in [5.74, 6) is -16.7. The van der Waals surface area contributed by atoms with Crippen molar-refractivity contribution in [1.29, 1.82) is 0 Å². The van der Waals surface area contributed by atoms with Gasteiger partial charge in [-0.2, -0.15) is 0 Å². The van der Waals surface area contributed by atoms with Crippen LogP contribution < -0.4 is 79.3 Å². The van der Waals surface area contributed by atoms with Gasteiger partial charge in [-0.15, -0.1) is 0 Å². The predicted octanol–water partition coefficient (Wildman–Crippen LogP) is -0.932. The number of primary amides is 1. The summed E-state index contributed by atoms with van der Waals surface area (Å²) in [5.41, 5.74) is 13.1. The number of carbonyl (C=O) groups excluding carboxylic acids is 9. The van der Waals surface area contributed by atoms with Gasteiger partial charge >= 0.3 is 0 Å². The number of anilines is 1. The lowest BCUT2D eigenvalue weighted by atomic mass is 9.86. The smallest absolute Gasteiger partial charge is 0.275 e. The predicted molar refractivity (Wildman–Crippen MR) is 425 cm³/mol. The highest BCUT2D eigenvalue weighted by molar-refractivity contribution is 7.19. The molecule has 1 unspecified atom stereocenters. The van der Waals surface area contributed by atoms with Crippen LogP contribution in [-0.4, -0.2) is 239 Å². The van der Waals surface area contributed by atoms with Crippen molar-refractivity contribution in [3.05, 3.63) is 127 Å². The zero-order chi connectivity index (χ0) is 88.1. The van der Waals surface area contributed by atoms with E-state index in [2.05, 4.69) is 58.0 Å². The molecule has 7 aliphatic rings. The average molecular weight is 1770 g/mol. The Labute approximate surface area is 706 Å². The van der Waals surface area contributed by atoms with Gasteiger partial charge in [0.1, 0.15) is 112 Å². The first-order valence-corrected chi connectivity index (χ1v) is 39.5. The van der Waals surface area contributed by atoms with Crippen LogP contribution in [0.5, 0.6) is 46.0 Å². The number of phenols is 3. The number of likely N-dealkylation sites (N-methyl/N-ethyl adjacent to an activating group) is 1. The summed E-state index contributed by atoms with van der Waals surface area (Å²) in [6.07, 6.45) is -21.1. The summed E-state index contributed by atoms with van der Waals surface area (Å²) < 4.78 is 38.5. The van der Waals surface area contributed by atoms with Crippen LogP contribution >= 0.6 is 46.1 Å². The van der Waals surface area contributed by atoms with Crippen molar-refractivity contribution in [2.45, 2.75) is 169 Å². The summed E-state index contributed by atoms with van der Waals surface area (Å²) in [4.78, 5) is 143. The molecule has 18 atom stereocenters. The Balaban J connectivity index is 1.08. The van der Waals surface area contributed by atoms with Crippen molar-refractivity contribution < 1.29 is 133 Å². The molecule has 121 heavy (non-hydrogen) atoms. The van der Waals surface area contributed by atoms with Crippen LogP contribution in [0.4, 0.5) is 5.13 Å². The molecule has 7 aliphatic heterocycles. The number of hydrogen-bond donors (Lipinski definition) is 23. The Morgan fingerprint density at radius 2 is 1.39 bits per heavy atom. The number of amides is 9. The Morgan fingerprint density at radius 3 is 1.99 bits per heavy atom. The summed E-state index contributed by atoms with van der Waals surface area (Å²) in [7, 11) is 1.46. The van der Waals surface area contributed by atoms with Crippen molar-refractivity contribution >= 4 is 110 Å². The third-order valence-electron chi connectivity index (χ3n) is 20.1. The van der Waals surface area contributed by atoms with E-state index >= 15 is 19.2 Å². The third kappa shape index (κ3) is 20.9. The second kappa shape index (κ2) is 38.6. The largest absolute Gasteiger partial charge is 0.508 e. The molecule has 652 valence electrons. The SMILES string of the molecule is CN[C@H](CC(C)C)C(=O)NC1C(=O)N[C@@H](CC(N)=O)C(=O)N[C@H]2C(=O)N[C@H]3C(=O)N[C@H](C(=O)N[C@H](C(=O)NCCCO/N=C(\C(=O)NCC(O)O)c4nc(N)sc4Cl)c4cc(O)cc(O)c4-c4cc3ccc4O)[C@H](O)c3ccc(c(Cl)c3)Oc3cc2cc(c3O[C@@H]2O[C@H](CO)[C@@H](O)[C@H](O)[C@H]2O[C@H]2C[C@](C)(N)[C@H](O)[C@H](C)O2)Oc2ccc(cc2Cl)[C@H]1O. The number of halogens is 3. The molecule has 0 spiro atoms. The van der Waals surface area contributed by atoms with Gasteiger partial charge in [0.25, 0.3) is 5.91 Å². The number of rotatable bonds is 22. The van der Waals surface area contributed by atoms with Crippen LogP contribution in [0.3, 0.4) is 0 Å². The number of benzene rings is 5. The lowest BCUT2D eigenvalue weighted by Crippen LogP contribution is -2.64. The summed E-state index contributed by atoms with van der Waals surface area (Å²) in [6.45, 7) is 4.15. The minimum atomic E-state index is -2.39. The van der Waals surface area contributed by atoms with Crippen LogP contribution in [0.25, 0.3) is 11.1 Å².